The highest BCUT2D eigenvalue weighted by Gasteiger charge is 2.57. The van der Waals surface area contributed by atoms with E-state index in [1.807, 2.05) is 6.26 Å². The van der Waals surface area contributed by atoms with E-state index in [0.717, 1.165) is 44.4 Å². The van der Waals surface area contributed by atoms with Crippen molar-refractivity contribution in [2.45, 2.75) is 144 Å². The Kier molecular flexibility index (Phi) is 8.60. The van der Waals surface area contributed by atoms with E-state index in [1.165, 1.54) is 61.7 Å². The summed E-state index contributed by atoms with van der Waals surface area (Å²) in [5.41, 5.74) is 5.04. The van der Waals surface area contributed by atoms with Gasteiger partial charge in [0.25, 0.3) is 0 Å². The third-order valence-electron chi connectivity index (χ3n) is 14.2. The van der Waals surface area contributed by atoms with Crippen LogP contribution in [0.4, 0.5) is 0 Å². The third kappa shape index (κ3) is 5.69. The van der Waals surface area contributed by atoms with Crippen LogP contribution in [-0.4, -0.2) is 18.4 Å². The number of esters is 1. The number of aryl methyl sites for hydroxylation is 1. The SMILES string of the molecule is C=C1[C@@H](O[C@@H]2OC(=O)C[C@H]2CC[C@H]2C(=C)CC[C@@H]3C(C)(C)CCC[C@@]32C)C[C@@H]2C(C)(C)CCC[C@@]2(C)[C@@H]1CCc1ccoc1. The van der Waals surface area contributed by atoms with Crippen molar-refractivity contribution in [3.05, 3.63) is 48.5 Å². The standard InChI is InChI=1S/C40H60O4/c1-26-11-16-33-37(3,4)18-9-20-39(33,7)30(26)15-13-29-23-35(41)44-36(29)43-32-24-34-38(5,6)19-10-21-40(34,8)31(27(32)2)14-12-28-17-22-42-25-28/h17,22,25,29-34,36H,1-2,9-16,18-21,23-24H2,3-8H3/t29-,30+,31-,32+,33-,34-,36-,39-,40+/m1/s1. The van der Waals surface area contributed by atoms with Crippen molar-refractivity contribution in [2.24, 2.45) is 51.2 Å². The molecule has 244 valence electrons. The lowest BCUT2D eigenvalue weighted by atomic mass is 9.46. The Balaban J connectivity index is 1.18. The van der Waals surface area contributed by atoms with Gasteiger partial charge in [-0.3, -0.25) is 4.79 Å². The summed E-state index contributed by atoms with van der Waals surface area (Å²) in [6, 6.07) is 2.09. The second-order valence-electron chi connectivity index (χ2n) is 17.6. The molecule has 2 heterocycles. The fraction of sp³-hybridized carbons (Fsp3) is 0.775. The van der Waals surface area contributed by atoms with Crippen LogP contribution in [0.5, 0.6) is 0 Å². The number of rotatable bonds is 8. The fourth-order valence-electron chi connectivity index (χ4n) is 11.9. The lowest BCUT2D eigenvalue weighted by Crippen LogP contribution is -2.54. The van der Waals surface area contributed by atoms with Crippen molar-refractivity contribution in [2.75, 3.05) is 0 Å². The molecule has 4 heteroatoms. The average molecular weight is 605 g/mol. The predicted octanol–water partition coefficient (Wildman–Crippen LogP) is 10.5. The summed E-state index contributed by atoms with van der Waals surface area (Å²) in [4.78, 5) is 12.8. The molecule has 4 nitrogen and oxygen atoms in total. The molecule has 44 heavy (non-hydrogen) atoms. The smallest absolute Gasteiger partial charge is 0.308 e. The van der Waals surface area contributed by atoms with Gasteiger partial charge in [-0.25, -0.2) is 0 Å². The first-order valence-corrected chi connectivity index (χ1v) is 18.0. The predicted molar refractivity (Wildman–Crippen MR) is 177 cm³/mol. The fourth-order valence-corrected chi connectivity index (χ4v) is 11.9. The normalized spacial score (nSPS) is 41.6. The van der Waals surface area contributed by atoms with E-state index in [9.17, 15) is 4.79 Å². The van der Waals surface area contributed by atoms with Crippen LogP contribution >= 0.6 is 0 Å². The number of hydrogen-bond acceptors (Lipinski definition) is 4. The van der Waals surface area contributed by atoms with Gasteiger partial charge in [-0.1, -0.05) is 73.1 Å². The van der Waals surface area contributed by atoms with Gasteiger partial charge in [-0.05, 0) is 133 Å². The van der Waals surface area contributed by atoms with Gasteiger partial charge in [-0.2, -0.15) is 0 Å². The van der Waals surface area contributed by atoms with Crippen molar-refractivity contribution in [1.29, 1.82) is 0 Å². The van der Waals surface area contributed by atoms with E-state index in [1.54, 1.807) is 6.26 Å². The van der Waals surface area contributed by atoms with E-state index in [0.29, 0.717) is 35.0 Å². The Hall–Kier alpha value is -1.81. The molecule has 6 rings (SSSR count). The van der Waals surface area contributed by atoms with E-state index < -0.39 is 6.29 Å². The monoisotopic (exact) mass is 604 g/mol. The molecule has 0 bridgehead atoms. The van der Waals surface area contributed by atoms with Gasteiger partial charge in [0.1, 0.15) is 0 Å². The Morgan fingerprint density at radius 1 is 0.886 bits per heavy atom. The number of ether oxygens (including phenoxy) is 2. The topological polar surface area (TPSA) is 48.7 Å². The van der Waals surface area contributed by atoms with Crippen LogP contribution in [0.25, 0.3) is 0 Å². The van der Waals surface area contributed by atoms with Crippen molar-refractivity contribution in [1.82, 2.24) is 0 Å². The number of cyclic esters (lactones) is 1. The van der Waals surface area contributed by atoms with Crippen molar-refractivity contribution in [3.63, 3.8) is 0 Å². The Bertz CT molecular complexity index is 1220. The minimum atomic E-state index is -0.474. The molecule has 1 aliphatic heterocycles. The minimum absolute atomic E-state index is 0.0797. The number of carbonyl (C=O) groups is 1. The van der Waals surface area contributed by atoms with E-state index in [-0.39, 0.29) is 28.8 Å². The second kappa shape index (κ2) is 11.8. The van der Waals surface area contributed by atoms with Gasteiger partial charge in [0.2, 0.25) is 6.29 Å². The molecule has 5 fully saturated rings. The van der Waals surface area contributed by atoms with Crippen LogP contribution in [0, 0.1) is 51.2 Å². The number of furan rings is 1. The molecular weight excluding hydrogens is 544 g/mol. The maximum absolute atomic E-state index is 12.8. The summed E-state index contributed by atoms with van der Waals surface area (Å²) >= 11 is 0. The molecule has 0 aromatic carbocycles. The number of fused-ring (bicyclic) bond motifs is 2. The van der Waals surface area contributed by atoms with Crippen LogP contribution < -0.4 is 0 Å². The van der Waals surface area contributed by atoms with Gasteiger partial charge in [0.05, 0.1) is 25.1 Å². The highest BCUT2D eigenvalue weighted by atomic mass is 16.7. The summed E-state index contributed by atoms with van der Waals surface area (Å²) in [5, 5.41) is 0. The van der Waals surface area contributed by atoms with Crippen LogP contribution in [0.1, 0.15) is 131 Å². The minimum Gasteiger partial charge on any atom is -0.472 e. The van der Waals surface area contributed by atoms with Crippen LogP contribution in [0.3, 0.4) is 0 Å². The van der Waals surface area contributed by atoms with E-state index in [4.69, 9.17) is 20.5 Å². The summed E-state index contributed by atoms with van der Waals surface area (Å²) in [5.74, 6) is 2.16. The zero-order chi connectivity index (χ0) is 31.5. The first-order valence-electron chi connectivity index (χ1n) is 18.0. The summed E-state index contributed by atoms with van der Waals surface area (Å²) in [6.45, 7) is 24.3. The molecule has 9 atom stereocenters. The summed E-state index contributed by atoms with van der Waals surface area (Å²) in [6.07, 6.45) is 18.7. The van der Waals surface area contributed by atoms with Crippen LogP contribution in [0.15, 0.2) is 47.3 Å². The molecule has 0 amide bonds. The van der Waals surface area contributed by atoms with E-state index >= 15 is 0 Å². The van der Waals surface area contributed by atoms with Gasteiger partial charge in [0, 0.05) is 5.92 Å². The van der Waals surface area contributed by atoms with Crippen LogP contribution in [0.2, 0.25) is 0 Å². The highest BCUT2D eigenvalue weighted by molar-refractivity contribution is 5.71. The molecule has 1 aromatic heterocycles. The van der Waals surface area contributed by atoms with Gasteiger partial charge < -0.3 is 13.9 Å². The first-order chi connectivity index (χ1) is 20.7. The molecular formula is C40H60O4. The Labute approximate surface area is 267 Å². The molecule has 0 N–H and O–H groups in total. The van der Waals surface area contributed by atoms with Crippen molar-refractivity contribution >= 4 is 5.97 Å². The number of carbonyl (C=O) groups excluding carboxylic acids is 1. The zero-order valence-corrected chi connectivity index (χ0v) is 28.7. The average Bonchev–Trinajstić information content (AvgIpc) is 3.57. The lowest BCUT2D eigenvalue weighted by molar-refractivity contribution is -0.192. The maximum atomic E-state index is 12.8. The number of hydrogen-bond donors (Lipinski definition) is 0. The molecule has 4 aliphatic carbocycles. The van der Waals surface area contributed by atoms with Gasteiger partial charge in [0.15, 0.2) is 0 Å². The molecule has 0 spiro atoms. The Morgan fingerprint density at radius 2 is 1.57 bits per heavy atom. The molecule has 5 aliphatic rings. The van der Waals surface area contributed by atoms with E-state index in [2.05, 4.69) is 54.2 Å². The van der Waals surface area contributed by atoms with Crippen LogP contribution in [-0.2, 0) is 20.7 Å². The lowest BCUT2D eigenvalue weighted by Gasteiger charge is -2.59. The molecule has 0 radical (unpaired) electrons. The Morgan fingerprint density at radius 3 is 2.25 bits per heavy atom. The zero-order valence-electron chi connectivity index (χ0n) is 28.7. The molecule has 0 unspecified atom stereocenters. The van der Waals surface area contributed by atoms with Gasteiger partial charge in [-0.15, -0.1) is 0 Å². The van der Waals surface area contributed by atoms with Crippen molar-refractivity contribution < 1.29 is 18.7 Å². The van der Waals surface area contributed by atoms with Gasteiger partial charge >= 0.3 is 5.97 Å². The van der Waals surface area contributed by atoms with Crippen molar-refractivity contribution in [3.8, 4) is 0 Å². The molecule has 1 aromatic rings. The summed E-state index contributed by atoms with van der Waals surface area (Å²) < 4.78 is 18.3. The quantitative estimate of drug-likeness (QED) is 0.219. The largest absolute Gasteiger partial charge is 0.472 e. The first kappa shape index (κ1) is 32.1. The third-order valence-corrected chi connectivity index (χ3v) is 14.2. The summed E-state index contributed by atoms with van der Waals surface area (Å²) in [7, 11) is 0. The second-order valence-corrected chi connectivity index (χ2v) is 17.6. The number of allylic oxidation sites excluding steroid dienone is 1. The maximum Gasteiger partial charge on any atom is 0.308 e. The molecule has 1 saturated heterocycles. The molecule has 4 saturated carbocycles. The highest BCUT2D eigenvalue weighted by Crippen LogP contribution is 2.63.